The maximum atomic E-state index is 13.7. The Morgan fingerprint density at radius 2 is 1.56 bits per heavy atom. The summed E-state index contributed by atoms with van der Waals surface area (Å²) in [5, 5.41) is 12.9. The fraction of sp³-hybridized carbons (Fsp3) is 0.500. The number of carbonyl (C=O) groups is 1. The van der Waals surface area contributed by atoms with Gasteiger partial charge in [-0.3, -0.25) is 14.4 Å². The smallest absolute Gasteiger partial charge is 0.261 e. The minimum absolute atomic E-state index is 0.0317. The van der Waals surface area contributed by atoms with Crippen LogP contribution in [0.25, 0.3) is 0 Å². The van der Waals surface area contributed by atoms with Gasteiger partial charge < -0.3 is 19.9 Å². The van der Waals surface area contributed by atoms with E-state index in [1.165, 1.54) is 19.3 Å². The Labute approximate surface area is 285 Å². The van der Waals surface area contributed by atoms with Crippen molar-refractivity contribution in [3.63, 3.8) is 0 Å². The van der Waals surface area contributed by atoms with E-state index in [9.17, 15) is 18.3 Å². The van der Waals surface area contributed by atoms with Gasteiger partial charge in [0.05, 0.1) is 29.8 Å². The van der Waals surface area contributed by atoms with E-state index < -0.39 is 16.3 Å². The van der Waals surface area contributed by atoms with Gasteiger partial charge >= 0.3 is 0 Å². The molecule has 3 N–H and O–H groups in total. The van der Waals surface area contributed by atoms with Crippen LogP contribution in [-0.2, 0) is 30.9 Å². The third-order valence-electron chi connectivity index (χ3n) is 9.82. The highest BCUT2D eigenvalue weighted by Gasteiger charge is 2.44. The van der Waals surface area contributed by atoms with Gasteiger partial charge in [0.2, 0.25) is 5.91 Å². The third-order valence-corrected chi connectivity index (χ3v) is 11.2. The number of hydrogen-bond donors (Lipinski definition) is 3. The zero-order valence-corrected chi connectivity index (χ0v) is 29.0. The van der Waals surface area contributed by atoms with Gasteiger partial charge in [-0.2, -0.15) is 0 Å². The third kappa shape index (κ3) is 8.29. The molecule has 6 rings (SSSR count). The van der Waals surface area contributed by atoms with Crippen LogP contribution >= 0.6 is 0 Å². The summed E-state index contributed by atoms with van der Waals surface area (Å²) in [6.07, 6.45) is 6.04. The van der Waals surface area contributed by atoms with Gasteiger partial charge in [0.1, 0.15) is 0 Å². The molecule has 2 aliphatic heterocycles. The lowest BCUT2D eigenvalue weighted by atomic mass is 9.75. The first kappa shape index (κ1) is 34.6. The summed E-state index contributed by atoms with van der Waals surface area (Å²) in [4.78, 5) is 16.3. The number of likely N-dealkylation sites (tertiary alicyclic amines) is 1. The summed E-state index contributed by atoms with van der Waals surface area (Å²) >= 11 is 0. The molecular formula is C38H49N3O6S. The minimum atomic E-state index is -3.73. The zero-order valence-electron chi connectivity index (χ0n) is 28.2. The first-order valence-corrected chi connectivity index (χ1v) is 18.7. The molecule has 0 spiro atoms. The van der Waals surface area contributed by atoms with Crippen molar-refractivity contribution in [3.8, 4) is 0 Å². The van der Waals surface area contributed by atoms with E-state index in [2.05, 4.69) is 14.9 Å². The number of ether oxygens (including phenoxy) is 2. The molecule has 1 saturated carbocycles. The Bertz CT molecular complexity index is 1630. The predicted octanol–water partition coefficient (Wildman–Crippen LogP) is 6.46. The lowest BCUT2D eigenvalue weighted by Gasteiger charge is -2.50. The van der Waals surface area contributed by atoms with Gasteiger partial charge in [0, 0.05) is 35.8 Å². The largest absolute Gasteiger partial charge is 0.392 e. The van der Waals surface area contributed by atoms with Crippen LogP contribution in [0.1, 0.15) is 94.8 Å². The molecular weight excluding hydrogens is 627 g/mol. The van der Waals surface area contributed by atoms with Crippen molar-refractivity contribution in [2.45, 2.75) is 113 Å². The lowest BCUT2D eigenvalue weighted by molar-refractivity contribution is -0.255. The SMILES string of the molecule is CC(C)(C)NC(=O)[C@H]1CC[C@H]2CCCC[C@H]2N1C[C@@H]1C[C@H](c2ccc(CO)cc2)O[C@H](c2ccc(NS(=O)(=O)c3ccccc3)cc2)O1. The Hall–Kier alpha value is -3.28. The van der Waals surface area contributed by atoms with E-state index in [4.69, 9.17) is 9.47 Å². The number of anilines is 1. The molecule has 3 aromatic rings. The molecule has 0 unspecified atom stereocenters. The van der Waals surface area contributed by atoms with Crippen LogP contribution < -0.4 is 10.0 Å². The first-order valence-electron chi connectivity index (χ1n) is 17.3. The molecule has 2 heterocycles. The number of nitrogens with one attached hydrogen (secondary N) is 2. The van der Waals surface area contributed by atoms with Crippen molar-refractivity contribution < 1.29 is 27.8 Å². The molecule has 3 fully saturated rings. The van der Waals surface area contributed by atoms with E-state index in [0.717, 1.165) is 36.0 Å². The van der Waals surface area contributed by atoms with Crippen LogP contribution in [0.4, 0.5) is 5.69 Å². The zero-order chi connectivity index (χ0) is 33.9. The summed E-state index contributed by atoms with van der Waals surface area (Å²) in [5.74, 6) is 0.668. The quantitative estimate of drug-likeness (QED) is 0.238. The molecule has 3 aromatic carbocycles. The van der Waals surface area contributed by atoms with Crippen molar-refractivity contribution in [2.24, 2.45) is 5.92 Å². The van der Waals surface area contributed by atoms with Gasteiger partial charge in [-0.25, -0.2) is 8.42 Å². The van der Waals surface area contributed by atoms with Gasteiger partial charge in [-0.05, 0) is 87.8 Å². The van der Waals surface area contributed by atoms with E-state index in [1.807, 2.05) is 57.2 Å². The number of aliphatic hydroxyl groups is 1. The second-order valence-electron chi connectivity index (χ2n) is 14.5. The average molecular weight is 676 g/mol. The van der Waals surface area contributed by atoms with E-state index >= 15 is 0 Å². The fourth-order valence-corrected chi connectivity index (χ4v) is 8.60. The number of hydrogen-bond acceptors (Lipinski definition) is 7. The summed E-state index contributed by atoms with van der Waals surface area (Å²) in [7, 11) is -3.73. The number of nitrogens with zero attached hydrogens (tertiary/aromatic N) is 1. The number of piperidine rings is 1. The average Bonchev–Trinajstić information content (AvgIpc) is 3.08. The molecule has 258 valence electrons. The first-order chi connectivity index (χ1) is 23.0. The summed E-state index contributed by atoms with van der Waals surface area (Å²) in [5.41, 5.74) is 2.72. The highest BCUT2D eigenvalue weighted by Crippen LogP contribution is 2.42. The highest BCUT2D eigenvalue weighted by atomic mass is 32.2. The standard InChI is InChI=1S/C38H49N3O6S/c1-38(2,3)39-36(43)34-22-19-27-9-7-8-12-33(27)41(34)24-31-23-35(28-15-13-26(25-42)14-16-28)47-37(46-31)29-17-20-30(21-18-29)40-48(44,45)32-10-5-4-6-11-32/h4-6,10-11,13-18,20-21,27,31,33-35,37,40,42H,7-9,12,19,22-25H2,1-3H3,(H,39,43)/t27-,31+,33-,34-,35-,37-/m1/s1. The van der Waals surface area contributed by atoms with E-state index in [0.29, 0.717) is 30.6 Å². The van der Waals surface area contributed by atoms with E-state index in [1.54, 1.807) is 42.5 Å². The Balaban J connectivity index is 1.25. The van der Waals surface area contributed by atoms with Gasteiger partial charge in [-0.15, -0.1) is 0 Å². The summed E-state index contributed by atoms with van der Waals surface area (Å²) < 4.78 is 41.8. The number of carbonyl (C=O) groups excluding carboxylic acids is 1. The van der Waals surface area contributed by atoms with Crippen LogP contribution in [-0.4, -0.2) is 54.6 Å². The Morgan fingerprint density at radius 3 is 2.25 bits per heavy atom. The van der Waals surface area contributed by atoms with Crippen LogP contribution in [0.2, 0.25) is 0 Å². The molecule has 0 radical (unpaired) electrons. The molecule has 48 heavy (non-hydrogen) atoms. The minimum Gasteiger partial charge on any atom is -0.392 e. The normalized spacial score (nSPS) is 26.8. The topological polar surface area (TPSA) is 117 Å². The number of sulfonamides is 1. The Morgan fingerprint density at radius 1 is 0.875 bits per heavy atom. The number of rotatable bonds is 9. The van der Waals surface area contributed by atoms with E-state index in [-0.39, 0.29) is 41.2 Å². The lowest BCUT2D eigenvalue weighted by Crippen LogP contribution is -2.61. The number of benzene rings is 3. The molecule has 9 nitrogen and oxygen atoms in total. The monoisotopic (exact) mass is 675 g/mol. The highest BCUT2D eigenvalue weighted by molar-refractivity contribution is 7.92. The fourth-order valence-electron chi connectivity index (χ4n) is 7.52. The van der Waals surface area contributed by atoms with Crippen molar-refractivity contribution in [3.05, 3.63) is 95.6 Å². The summed E-state index contributed by atoms with van der Waals surface area (Å²) in [6.45, 7) is 6.66. The van der Waals surface area contributed by atoms with Crippen LogP contribution in [0, 0.1) is 5.92 Å². The second-order valence-corrected chi connectivity index (χ2v) is 16.2. The molecule has 0 aromatic heterocycles. The van der Waals surface area contributed by atoms with Crippen LogP contribution in [0.5, 0.6) is 0 Å². The van der Waals surface area contributed by atoms with Crippen LogP contribution in [0.3, 0.4) is 0 Å². The molecule has 1 aliphatic carbocycles. The number of amides is 1. The molecule has 6 atom stereocenters. The van der Waals surface area contributed by atoms with Gasteiger partial charge in [-0.1, -0.05) is 67.4 Å². The number of aliphatic hydroxyl groups excluding tert-OH is 1. The molecule has 10 heteroatoms. The maximum absolute atomic E-state index is 13.7. The van der Waals surface area contributed by atoms with Crippen molar-refractivity contribution in [1.82, 2.24) is 10.2 Å². The van der Waals surface area contributed by atoms with Gasteiger partial charge in [0.15, 0.2) is 6.29 Å². The molecule has 1 amide bonds. The van der Waals surface area contributed by atoms with Crippen LogP contribution in [0.15, 0.2) is 83.8 Å². The molecule has 0 bridgehead atoms. The summed E-state index contributed by atoms with van der Waals surface area (Å²) in [6, 6.07) is 23.3. The van der Waals surface area contributed by atoms with Gasteiger partial charge in [0.25, 0.3) is 10.0 Å². The number of fused-ring (bicyclic) bond motifs is 1. The van der Waals surface area contributed by atoms with Crippen molar-refractivity contribution in [1.29, 1.82) is 0 Å². The predicted molar refractivity (Wildman–Crippen MR) is 185 cm³/mol. The Kier molecular flexibility index (Phi) is 10.6. The maximum Gasteiger partial charge on any atom is 0.261 e. The molecule has 3 aliphatic rings. The van der Waals surface area contributed by atoms with Crippen molar-refractivity contribution >= 4 is 21.6 Å². The molecule has 2 saturated heterocycles. The van der Waals surface area contributed by atoms with Crippen molar-refractivity contribution in [2.75, 3.05) is 11.3 Å². The second kappa shape index (κ2) is 14.7.